The minimum absolute atomic E-state index is 0.234. The van der Waals surface area contributed by atoms with Gasteiger partial charge in [0.15, 0.2) is 0 Å². The van der Waals surface area contributed by atoms with Gasteiger partial charge in [-0.05, 0) is 6.92 Å². The predicted octanol–water partition coefficient (Wildman–Crippen LogP) is -0.588. The lowest BCUT2D eigenvalue weighted by Crippen LogP contribution is -2.28. The smallest absolute Gasteiger partial charge is 0.271 e. The number of carbonyl (C=O) groups is 1. The zero-order valence-corrected chi connectivity index (χ0v) is 11.2. The fourth-order valence-electron chi connectivity index (χ4n) is 1.85. The van der Waals surface area contributed by atoms with Crippen LogP contribution in [0.4, 0.5) is 5.69 Å². The van der Waals surface area contributed by atoms with E-state index in [-0.39, 0.29) is 5.91 Å². The minimum atomic E-state index is -0.234. The van der Waals surface area contributed by atoms with Gasteiger partial charge in [0.25, 0.3) is 5.91 Å². The topological polar surface area (TPSA) is 104 Å². The molecule has 0 bridgehead atoms. The molecule has 0 aliphatic heterocycles. The molecule has 3 N–H and O–H groups in total. The molecule has 8 heteroatoms. The Kier molecular flexibility index (Phi) is 3.50. The van der Waals surface area contributed by atoms with Gasteiger partial charge in [-0.2, -0.15) is 5.10 Å². The maximum absolute atomic E-state index is 12.0. The van der Waals surface area contributed by atoms with Gasteiger partial charge in [0.2, 0.25) is 0 Å². The molecule has 19 heavy (non-hydrogen) atoms. The second-order valence-corrected chi connectivity index (χ2v) is 4.34. The number of nitrogens with one attached hydrogen (secondary N) is 1. The van der Waals surface area contributed by atoms with Crippen molar-refractivity contribution in [2.45, 2.75) is 13.3 Å². The van der Waals surface area contributed by atoms with Crippen molar-refractivity contribution in [1.82, 2.24) is 29.9 Å². The Bertz CT molecular complexity index is 598. The lowest BCUT2D eigenvalue weighted by molar-refractivity contribution is 0.0945. The third-order valence-corrected chi connectivity index (χ3v) is 2.92. The second-order valence-electron chi connectivity index (χ2n) is 4.34. The molecule has 0 atom stereocenters. The van der Waals surface area contributed by atoms with Crippen molar-refractivity contribution in [3.05, 3.63) is 23.5 Å². The zero-order valence-electron chi connectivity index (χ0n) is 11.2. The molecule has 2 aromatic rings. The van der Waals surface area contributed by atoms with E-state index in [1.165, 1.54) is 4.68 Å². The molecule has 0 radical (unpaired) electrons. The van der Waals surface area contributed by atoms with E-state index in [0.717, 1.165) is 5.82 Å². The Labute approximate surface area is 110 Å². The summed E-state index contributed by atoms with van der Waals surface area (Å²) >= 11 is 0. The van der Waals surface area contributed by atoms with Crippen molar-refractivity contribution in [1.29, 1.82) is 0 Å². The molecule has 2 aromatic heterocycles. The number of nitrogens with zero attached hydrogens (tertiary/aromatic N) is 5. The first-order valence-electron chi connectivity index (χ1n) is 5.91. The first kappa shape index (κ1) is 13.1. The van der Waals surface area contributed by atoms with Crippen molar-refractivity contribution >= 4 is 11.6 Å². The summed E-state index contributed by atoms with van der Waals surface area (Å²) in [5.74, 6) is 0.581. The monoisotopic (exact) mass is 263 g/mol. The Morgan fingerprint density at radius 2 is 2.21 bits per heavy atom. The average molecular weight is 263 g/mol. The molecule has 102 valence electrons. The highest BCUT2D eigenvalue weighted by atomic mass is 16.2. The summed E-state index contributed by atoms with van der Waals surface area (Å²) in [6.45, 7) is 2.24. The number of aromatic nitrogens is 5. The maximum Gasteiger partial charge on any atom is 0.271 e. The summed E-state index contributed by atoms with van der Waals surface area (Å²) in [6, 6.07) is 0. The van der Waals surface area contributed by atoms with E-state index in [4.69, 9.17) is 5.73 Å². The molecule has 8 nitrogen and oxygen atoms in total. The second kappa shape index (κ2) is 5.09. The molecule has 1 amide bonds. The molecule has 0 saturated heterocycles. The number of aryl methyl sites for hydroxylation is 3. The Balaban J connectivity index is 1.97. The van der Waals surface area contributed by atoms with E-state index in [2.05, 4.69) is 20.6 Å². The molecular weight excluding hydrogens is 246 g/mol. The molecule has 0 fully saturated rings. The summed E-state index contributed by atoms with van der Waals surface area (Å²) in [4.78, 5) is 12.0. The predicted molar refractivity (Wildman–Crippen MR) is 69.4 cm³/mol. The van der Waals surface area contributed by atoms with Crippen LogP contribution in [0.3, 0.4) is 0 Å². The van der Waals surface area contributed by atoms with Gasteiger partial charge < -0.3 is 15.6 Å². The molecule has 0 saturated carbocycles. The SMILES string of the molecule is Cc1nn(C)c(C(=O)NCCc2nncn2C)c1N. The summed E-state index contributed by atoms with van der Waals surface area (Å²) in [5.41, 5.74) is 7.28. The molecule has 0 unspecified atom stereocenters. The van der Waals surface area contributed by atoms with Crippen molar-refractivity contribution < 1.29 is 4.79 Å². The van der Waals surface area contributed by atoms with E-state index in [0.29, 0.717) is 30.0 Å². The fraction of sp³-hybridized carbons (Fsp3) is 0.455. The molecule has 0 aromatic carbocycles. The molecular formula is C11H17N7O. The van der Waals surface area contributed by atoms with Crippen LogP contribution in [-0.4, -0.2) is 37.0 Å². The molecule has 0 aliphatic carbocycles. The first-order valence-corrected chi connectivity index (χ1v) is 5.91. The summed E-state index contributed by atoms with van der Waals surface area (Å²) in [7, 11) is 3.56. The highest BCUT2D eigenvalue weighted by Crippen LogP contribution is 2.14. The van der Waals surface area contributed by atoms with Gasteiger partial charge in [0.1, 0.15) is 17.8 Å². The van der Waals surface area contributed by atoms with Gasteiger partial charge in [-0.25, -0.2) is 0 Å². The summed E-state index contributed by atoms with van der Waals surface area (Å²) in [6.07, 6.45) is 2.23. The van der Waals surface area contributed by atoms with Crippen LogP contribution in [0.5, 0.6) is 0 Å². The number of nitrogen functional groups attached to an aromatic ring is 1. The third kappa shape index (κ3) is 2.56. The van der Waals surface area contributed by atoms with Gasteiger partial charge in [-0.3, -0.25) is 9.48 Å². The van der Waals surface area contributed by atoms with E-state index < -0.39 is 0 Å². The van der Waals surface area contributed by atoms with Gasteiger partial charge in [0.05, 0.1) is 11.4 Å². The lowest BCUT2D eigenvalue weighted by atomic mass is 10.3. The summed E-state index contributed by atoms with van der Waals surface area (Å²) < 4.78 is 3.30. The third-order valence-electron chi connectivity index (χ3n) is 2.92. The van der Waals surface area contributed by atoms with E-state index >= 15 is 0 Å². The molecule has 2 rings (SSSR count). The van der Waals surface area contributed by atoms with E-state index in [1.54, 1.807) is 20.3 Å². The lowest BCUT2D eigenvalue weighted by Gasteiger charge is -2.06. The first-order chi connectivity index (χ1) is 9.00. The standard InChI is InChI=1S/C11H17N7O/c1-7-9(12)10(18(3)16-7)11(19)13-5-4-8-15-14-6-17(8)2/h6H,4-5,12H2,1-3H3,(H,13,19). The van der Waals surface area contributed by atoms with Gasteiger partial charge in [-0.15, -0.1) is 10.2 Å². The molecule has 2 heterocycles. The Hall–Kier alpha value is -2.38. The quantitative estimate of drug-likeness (QED) is 0.767. The van der Waals surface area contributed by atoms with Gasteiger partial charge >= 0.3 is 0 Å². The van der Waals surface area contributed by atoms with Crippen molar-refractivity contribution in [3.63, 3.8) is 0 Å². The molecule has 0 spiro atoms. The van der Waals surface area contributed by atoms with Crippen LogP contribution in [0.15, 0.2) is 6.33 Å². The number of carbonyl (C=O) groups excluding carboxylic acids is 1. The van der Waals surface area contributed by atoms with Gasteiger partial charge in [0, 0.05) is 27.1 Å². The Morgan fingerprint density at radius 3 is 2.74 bits per heavy atom. The van der Waals surface area contributed by atoms with E-state index in [1.807, 2.05) is 11.6 Å². The van der Waals surface area contributed by atoms with E-state index in [9.17, 15) is 4.79 Å². The van der Waals surface area contributed by atoms with Crippen molar-refractivity contribution in [2.24, 2.45) is 14.1 Å². The van der Waals surface area contributed by atoms with Crippen LogP contribution < -0.4 is 11.1 Å². The fourth-order valence-corrected chi connectivity index (χ4v) is 1.85. The Morgan fingerprint density at radius 1 is 1.47 bits per heavy atom. The highest BCUT2D eigenvalue weighted by molar-refractivity contribution is 5.97. The van der Waals surface area contributed by atoms with Crippen LogP contribution in [-0.2, 0) is 20.5 Å². The highest BCUT2D eigenvalue weighted by Gasteiger charge is 2.17. The molecule has 0 aliphatic rings. The number of hydrogen-bond acceptors (Lipinski definition) is 5. The normalized spacial score (nSPS) is 10.7. The number of amides is 1. The summed E-state index contributed by atoms with van der Waals surface area (Å²) in [5, 5.41) is 14.6. The van der Waals surface area contributed by atoms with Gasteiger partial charge in [-0.1, -0.05) is 0 Å². The van der Waals surface area contributed by atoms with Crippen LogP contribution in [0, 0.1) is 6.92 Å². The number of rotatable bonds is 4. The minimum Gasteiger partial charge on any atom is -0.395 e. The zero-order chi connectivity index (χ0) is 14.0. The number of anilines is 1. The van der Waals surface area contributed by atoms with Crippen molar-refractivity contribution in [3.8, 4) is 0 Å². The van der Waals surface area contributed by atoms with Crippen LogP contribution in [0.1, 0.15) is 22.0 Å². The largest absolute Gasteiger partial charge is 0.395 e. The van der Waals surface area contributed by atoms with Crippen LogP contribution in [0.25, 0.3) is 0 Å². The average Bonchev–Trinajstić information content (AvgIpc) is 2.85. The van der Waals surface area contributed by atoms with Crippen molar-refractivity contribution in [2.75, 3.05) is 12.3 Å². The van der Waals surface area contributed by atoms with Crippen LogP contribution >= 0.6 is 0 Å². The van der Waals surface area contributed by atoms with Crippen LogP contribution in [0.2, 0.25) is 0 Å². The number of nitrogens with two attached hydrogens (primary N) is 1. The maximum atomic E-state index is 12.0. The number of hydrogen-bond donors (Lipinski definition) is 2.